The molecule has 0 unspecified atom stereocenters. The normalized spacial score (nSPS) is 10.9. The third kappa shape index (κ3) is 3.94. The molecule has 0 aliphatic heterocycles. The number of hydrogen-bond acceptors (Lipinski definition) is 2. The minimum Gasteiger partial charge on any atom is -0.347 e. The van der Waals surface area contributed by atoms with Gasteiger partial charge in [-0.3, -0.25) is 4.79 Å². The zero-order valence-electron chi connectivity index (χ0n) is 11.5. The Kier molecular flexibility index (Phi) is 5.29. The number of nitrogens with zero attached hydrogens (tertiary/aromatic N) is 1. The Morgan fingerprint density at radius 1 is 1.23 bits per heavy atom. The third-order valence-corrected chi connectivity index (χ3v) is 3.28. The number of carbonyl (C=O) groups excluding carboxylic acids is 1. The fraction of sp³-hybridized carbons (Fsp3) is 0.0588. The first-order valence-corrected chi connectivity index (χ1v) is 6.87. The van der Waals surface area contributed by atoms with Crippen molar-refractivity contribution in [1.82, 2.24) is 5.32 Å². The molecule has 2 aromatic carbocycles. The lowest BCUT2D eigenvalue weighted by Crippen LogP contribution is -2.23. The lowest BCUT2D eigenvalue weighted by atomic mass is 10.1. The number of hydrogen-bond donors (Lipinski definition) is 1. The Morgan fingerprint density at radius 2 is 1.95 bits per heavy atom. The van der Waals surface area contributed by atoms with Crippen LogP contribution >= 0.6 is 11.6 Å². The monoisotopic (exact) mass is 314 g/mol. The van der Waals surface area contributed by atoms with Gasteiger partial charge in [0.05, 0.1) is 5.02 Å². The number of halogens is 2. The van der Waals surface area contributed by atoms with E-state index in [9.17, 15) is 9.18 Å². The predicted octanol–water partition coefficient (Wildman–Crippen LogP) is 3.70. The molecular formula is C17H12ClFN2O. The Bertz CT molecular complexity index is 731. The molecular weight excluding hydrogens is 303 g/mol. The molecule has 0 fully saturated rings. The van der Waals surface area contributed by atoms with Crippen LogP contribution in [0.5, 0.6) is 0 Å². The molecule has 0 aromatic heterocycles. The first kappa shape index (κ1) is 15.7. The maximum absolute atomic E-state index is 13.7. The van der Waals surface area contributed by atoms with E-state index in [-0.39, 0.29) is 22.7 Å². The fourth-order valence-corrected chi connectivity index (χ4v) is 2.03. The maximum atomic E-state index is 13.7. The van der Waals surface area contributed by atoms with Crippen LogP contribution in [0.15, 0.2) is 54.1 Å². The Labute approximate surface area is 132 Å². The minimum absolute atomic E-state index is 0.0237. The van der Waals surface area contributed by atoms with Gasteiger partial charge in [-0.25, -0.2) is 4.39 Å². The van der Waals surface area contributed by atoms with E-state index in [1.807, 2.05) is 30.3 Å². The number of nitriles is 1. The second-order valence-corrected chi connectivity index (χ2v) is 4.88. The van der Waals surface area contributed by atoms with Gasteiger partial charge in [-0.1, -0.05) is 48.0 Å². The summed E-state index contributed by atoms with van der Waals surface area (Å²) in [5, 5.41) is 11.8. The van der Waals surface area contributed by atoms with E-state index >= 15 is 0 Å². The van der Waals surface area contributed by atoms with Crippen LogP contribution in [0, 0.1) is 17.1 Å². The van der Waals surface area contributed by atoms with E-state index in [1.54, 1.807) is 6.07 Å². The molecule has 0 spiro atoms. The lowest BCUT2D eigenvalue weighted by Gasteiger charge is -2.05. The average molecular weight is 315 g/mol. The van der Waals surface area contributed by atoms with Crippen LogP contribution in [-0.4, -0.2) is 5.91 Å². The summed E-state index contributed by atoms with van der Waals surface area (Å²) in [7, 11) is 0. The van der Waals surface area contributed by atoms with Gasteiger partial charge in [0.2, 0.25) is 0 Å². The van der Waals surface area contributed by atoms with Crippen LogP contribution in [0.1, 0.15) is 11.1 Å². The van der Waals surface area contributed by atoms with Crippen molar-refractivity contribution in [3.05, 3.63) is 76.1 Å². The van der Waals surface area contributed by atoms with E-state index in [0.717, 1.165) is 11.6 Å². The molecule has 22 heavy (non-hydrogen) atoms. The second-order valence-electron chi connectivity index (χ2n) is 4.47. The summed E-state index contributed by atoms with van der Waals surface area (Å²) in [6.07, 6.45) is 1.15. The van der Waals surface area contributed by atoms with Gasteiger partial charge in [0.1, 0.15) is 17.5 Å². The molecule has 0 bridgehead atoms. The first-order chi connectivity index (χ1) is 10.6. The summed E-state index contributed by atoms with van der Waals surface area (Å²) in [6.45, 7) is 0.281. The highest BCUT2D eigenvalue weighted by atomic mass is 35.5. The molecule has 1 N–H and O–H groups in total. The molecule has 1 amide bonds. The van der Waals surface area contributed by atoms with Crippen LogP contribution < -0.4 is 5.32 Å². The SMILES string of the molecule is N#C/C(=C\c1c(F)cccc1Cl)C(=O)NCc1ccccc1. The predicted molar refractivity (Wildman–Crippen MR) is 83.3 cm³/mol. The standard InChI is InChI=1S/C17H12ClFN2O/c18-15-7-4-8-16(19)14(15)9-13(10-20)17(22)21-11-12-5-2-1-3-6-12/h1-9H,11H2,(H,21,22)/b13-9+. The first-order valence-electron chi connectivity index (χ1n) is 6.49. The highest BCUT2D eigenvalue weighted by Crippen LogP contribution is 2.21. The molecule has 0 saturated carbocycles. The van der Waals surface area contributed by atoms with Crippen LogP contribution in [-0.2, 0) is 11.3 Å². The molecule has 5 heteroatoms. The summed E-state index contributed by atoms with van der Waals surface area (Å²) in [4.78, 5) is 12.0. The molecule has 0 saturated heterocycles. The summed E-state index contributed by atoms with van der Waals surface area (Å²) in [5.41, 5.74) is 0.718. The molecule has 110 valence electrons. The van der Waals surface area contributed by atoms with Crippen molar-refractivity contribution in [2.24, 2.45) is 0 Å². The minimum atomic E-state index is -0.587. The number of rotatable bonds is 4. The number of benzene rings is 2. The van der Waals surface area contributed by atoms with Gasteiger partial charge in [0, 0.05) is 12.1 Å². The van der Waals surface area contributed by atoms with E-state index in [2.05, 4.69) is 5.32 Å². The van der Waals surface area contributed by atoms with Gasteiger partial charge in [0.15, 0.2) is 0 Å². The van der Waals surface area contributed by atoms with Gasteiger partial charge in [-0.2, -0.15) is 5.26 Å². The van der Waals surface area contributed by atoms with Crippen molar-refractivity contribution < 1.29 is 9.18 Å². The van der Waals surface area contributed by atoms with Crippen LogP contribution in [0.25, 0.3) is 6.08 Å². The van der Waals surface area contributed by atoms with Crippen LogP contribution in [0.2, 0.25) is 5.02 Å². The number of amides is 1. The quantitative estimate of drug-likeness (QED) is 0.691. The van der Waals surface area contributed by atoms with Gasteiger partial charge in [0.25, 0.3) is 5.91 Å². The molecule has 0 aliphatic rings. The molecule has 2 aromatic rings. The molecule has 0 aliphatic carbocycles. The van der Waals surface area contributed by atoms with Crippen LogP contribution in [0.3, 0.4) is 0 Å². The van der Waals surface area contributed by atoms with Gasteiger partial charge in [-0.15, -0.1) is 0 Å². The second kappa shape index (κ2) is 7.39. The van der Waals surface area contributed by atoms with Crippen molar-refractivity contribution in [2.45, 2.75) is 6.54 Å². The fourth-order valence-electron chi connectivity index (χ4n) is 1.81. The van der Waals surface area contributed by atoms with Crippen molar-refractivity contribution in [3.63, 3.8) is 0 Å². The molecule has 0 radical (unpaired) electrons. The average Bonchev–Trinajstić information content (AvgIpc) is 2.53. The van der Waals surface area contributed by atoms with Crippen molar-refractivity contribution in [3.8, 4) is 6.07 Å². The lowest BCUT2D eigenvalue weighted by molar-refractivity contribution is -0.117. The van der Waals surface area contributed by atoms with Gasteiger partial charge < -0.3 is 5.32 Å². The Hall–Kier alpha value is -2.64. The van der Waals surface area contributed by atoms with Crippen molar-refractivity contribution in [1.29, 1.82) is 5.26 Å². The van der Waals surface area contributed by atoms with Crippen molar-refractivity contribution in [2.75, 3.05) is 0 Å². The molecule has 0 heterocycles. The van der Waals surface area contributed by atoms with Crippen molar-refractivity contribution >= 4 is 23.6 Å². The maximum Gasteiger partial charge on any atom is 0.262 e. The number of carbonyl (C=O) groups is 1. The topological polar surface area (TPSA) is 52.9 Å². The zero-order chi connectivity index (χ0) is 15.9. The van der Waals surface area contributed by atoms with Crippen LogP contribution in [0.4, 0.5) is 4.39 Å². The largest absolute Gasteiger partial charge is 0.347 e. The summed E-state index contributed by atoms with van der Waals surface area (Å²) < 4.78 is 13.7. The van der Waals surface area contributed by atoms with Gasteiger partial charge in [-0.05, 0) is 23.8 Å². The highest BCUT2D eigenvalue weighted by molar-refractivity contribution is 6.32. The third-order valence-electron chi connectivity index (χ3n) is 2.95. The molecule has 2 rings (SSSR count). The Morgan fingerprint density at radius 3 is 2.59 bits per heavy atom. The summed E-state index contributed by atoms with van der Waals surface area (Å²) in [5.74, 6) is -1.17. The molecule has 3 nitrogen and oxygen atoms in total. The Balaban J connectivity index is 2.16. The summed E-state index contributed by atoms with van der Waals surface area (Å²) >= 11 is 5.88. The summed E-state index contributed by atoms with van der Waals surface area (Å²) in [6, 6.07) is 15.2. The zero-order valence-corrected chi connectivity index (χ0v) is 12.3. The van der Waals surface area contributed by atoms with E-state index in [4.69, 9.17) is 16.9 Å². The smallest absolute Gasteiger partial charge is 0.262 e. The highest BCUT2D eigenvalue weighted by Gasteiger charge is 2.12. The van der Waals surface area contributed by atoms with E-state index < -0.39 is 11.7 Å². The number of nitrogens with one attached hydrogen (secondary N) is 1. The van der Waals surface area contributed by atoms with E-state index in [0.29, 0.717) is 0 Å². The van der Waals surface area contributed by atoms with E-state index in [1.165, 1.54) is 18.2 Å². The van der Waals surface area contributed by atoms with Gasteiger partial charge >= 0.3 is 0 Å². The molecule has 0 atom stereocenters.